The molecule has 0 aliphatic rings. The molecule has 0 spiro atoms. The van der Waals surface area contributed by atoms with Crippen LogP contribution in [-0.4, -0.2) is 16.5 Å². The fourth-order valence-corrected chi connectivity index (χ4v) is 3.06. The molecular weight excluding hydrogens is 292 g/mol. The average molecular weight is 310 g/mol. The van der Waals surface area contributed by atoms with Crippen molar-refractivity contribution < 1.29 is 0 Å². The lowest BCUT2D eigenvalue weighted by Gasteiger charge is -2.06. The van der Waals surface area contributed by atoms with Crippen LogP contribution in [0.5, 0.6) is 0 Å². The van der Waals surface area contributed by atoms with Gasteiger partial charge in [-0.2, -0.15) is 4.98 Å². The monoisotopic (exact) mass is 310 g/mol. The molecule has 2 aromatic heterocycles. The highest BCUT2D eigenvalue weighted by Gasteiger charge is 2.03. The molecule has 0 amide bonds. The largest absolute Gasteiger partial charge is 0.365 e. The van der Waals surface area contributed by atoms with Crippen LogP contribution in [-0.2, 0) is 6.54 Å². The quantitative estimate of drug-likeness (QED) is 0.714. The summed E-state index contributed by atoms with van der Waals surface area (Å²) in [4.78, 5) is 11.1. The summed E-state index contributed by atoms with van der Waals surface area (Å²) >= 11 is 1.80. The Kier molecular flexibility index (Phi) is 4.65. The van der Waals surface area contributed by atoms with Gasteiger partial charge in [-0.25, -0.2) is 4.98 Å². The summed E-state index contributed by atoms with van der Waals surface area (Å²) in [6.07, 6.45) is 1.76. The van der Waals surface area contributed by atoms with Crippen molar-refractivity contribution in [1.29, 1.82) is 0 Å². The Bertz CT molecular complexity index is 724. The minimum Gasteiger partial charge on any atom is -0.365 e. The third-order valence-corrected chi connectivity index (χ3v) is 4.29. The molecule has 0 saturated heterocycles. The molecule has 0 radical (unpaired) electrons. The Labute approximate surface area is 134 Å². The second-order valence-corrected chi connectivity index (χ2v) is 5.95. The van der Waals surface area contributed by atoms with Gasteiger partial charge in [0.05, 0.1) is 6.54 Å². The van der Waals surface area contributed by atoms with Gasteiger partial charge in [0.15, 0.2) is 0 Å². The molecule has 1 aromatic carbocycles. The van der Waals surface area contributed by atoms with E-state index in [0.717, 1.165) is 18.9 Å². The van der Waals surface area contributed by atoms with Gasteiger partial charge in [0, 0.05) is 22.5 Å². The zero-order valence-electron chi connectivity index (χ0n) is 12.4. The number of nitrogens with zero attached hydrogens (tertiary/aromatic N) is 2. The normalized spacial score (nSPS) is 10.4. The minimum absolute atomic E-state index is 0.656. The zero-order valence-corrected chi connectivity index (χ0v) is 13.2. The molecule has 112 valence electrons. The highest BCUT2D eigenvalue weighted by molar-refractivity contribution is 7.15. The van der Waals surface area contributed by atoms with Gasteiger partial charge in [0.25, 0.3) is 0 Å². The zero-order chi connectivity index (χ0) is 15.2. The Balaban J connectivity index is 1.65. The van der Waals surface area contributed by atoms with Crippen LogP contribution in [0.3, 0.4) is 0 Å². The van der Waals surface area contributed by atoms with Crippen LogP contribution in [0.4, 0.5) is 11.8 Å². The maximum atomic E-state index is 4.41. The van der Waals surface area contributed by atoms with Crippen LogP contribution in [0.15, 0.2) is 54.7 Å². The summed E-state index contributed by atoms with van der Waals surface area (Å²) in [6, 6.07) is 16.6. The number of thiophene rings is 1. The summed E-state index contributed by atoms with van der Waals surface area (Å²) in [7, 11) is 0. The van der Waals surface area contributed by atoms with Crippen molar-refractivity contribution in [2.24, 2.45) is 0 Å². The molecule has 4 nitrogen and oxygen atoms in total. The molecule has 0 aliphatic heterocycles. The molecule has 0 unspecified atom stereocenters. The smallest absolute Gasteiger partial charge is 0.224 e. The molecular formula is C17H18N4S. The van der Waals surface area contributed by atoms with Gasteiger partial charge < -0.3 is 10.6 Å². The van der Waals surface area contributed by atoms with E-state index < -0.39 is 0 Å². The van der Waals surface area contributed by atoms with E-state index in [0.29, 0.717) is 5.95 Å². The number of hydrogen-bond donors (Lipinski definition) is 2. The lowest BCUT2D eigenvalue weighted by molar-refractivity contribution is 1.06. The summed E-state index contributed by atoms with van der Waals surface area (Å²) in [5.74, 6) is 1.49. The molecule has 3 aromatic rings. The Hall–Kier alpha value is -2.40. The fraction of sp³-hybridized carbons (Fsp3) is 0.176. The number of benzene rings is 1. The first kappa shape index (κ1) is 14.5. The topological polar surface area (TPSA) is 49.8 Å². The van der Waals surface area contributed by atoms with Crippen molar-refractivity contribution in [2.75, 3.05) is 17.2 Å². The fourth-order valence-electron chi connectivity index (χ4n) is 2.11. The number of anilines is 2. The molecule has 3 rings (SSSR count). The predicted octanol–water partition coefficient (Wildman–Crippen LogP) is 4.25. The standard InChI is InChI=1S/C17H18N4S/c1-2-18-17-19-11-10-16(21-17)20-12-14-8-9-15(22-14)13-6-4-3-5-7-13/h3-11H,2,12H2,1H3,(H2,18,19,20,21). The Morgan fingerprint density at radius 1 is 1.00 bits per heavy atom. The summed E-state index contributed by atoms with van der Waals surface area (Å²) < 4.78 is 0. The summed E-state index contributed by atoms with van der Waals surface area (Å²) in [5, 5.41) is 6.46. The second-order valence-electron chi connectivity index (χ2n) is 4.78. The highest BCUT2D eigenvalue weighted by Crippen LogP contribution is 2.28. The highest BCUT2D eigenvalue weighted by atomic mass is 32.1. The van der Waals surface area contributed by atoms with E-state index in [9.17, 15) is 0 Å². The van der Waals surface area contributed by atoms with Crippen LogP contribution in [0.2, 0.25) is 0 Å². The molecule has 5 heteroatoms. The molecule has 0 fully saturated rings. The van der Waals surface area contributed by atoms with Crippen molar-refractivity contribution in [3.63, 3.8) is 0 Å². The molecule has 0 aliphatic carbocycles. The van der Waals surface area contributed by atoms with Gasteiger partial charge in [-0.3, -0.25) is 0 Å². The third-order valence-electron chi connectivity index (χ3n) is 3.15. The molecule has 0 atom stereocenters. The molecule has 22 heavy (non-hydrogen) atoms. The van der Waals surface area contributed by atoms with Crippen LogP contribution in [0.1, 0.15) is 11.8 Å². The minimum atomic E-state index is 0.656. The van der Waals surface area contributed by atoms with Gasteiger partial charge in [0.1, 0.15) is 5.82 Å². The van der Waals surface area contributed by atoms with E-state index in [-0.39, 0.29) is 0 Å². The third kappa shape index (κ3) is 3.62. The molecule has 0 bridgehead atoms. The number of nitrogens with one attached hydrogen (secondary N) is 2. The van der Waals surface area contributed by atoms with Gasteiger partial charge >= 0.3 is 0 Å². The van der Waals surface area contributed by atoms with Gasteiger partial charge in [-0.1, -0.05) is 30.3 Å². The first-order chi connectivity index (χ1) is 10.8. The number of aromatic nitrogens is 2. The summed E-state index contributed by atoms with van der Waals surface area (Å²) in [6.45, 7) is 3.61. The van der Waals surface area contributed by atoms with Gasteiger partial charge in [-0.15, -0.1) is 11.3 Å². The molecule has 2 N–H and O–H groups in total. The maximum Gasteiger partial charge on any atom is 0.224 e. The van der Waals surface area contributed by atoms with Gasteiger partial charge in [-0.05, 0) is 30.7 Å². The SMILES string of the molecule is CCNc1nccc(NCc2ccc(-c3ccccc3)s2)n1. The predicted molar refractivity (Wildman–Crippen MR) is 93.3 cm³/mol. The van der Waals surface area contributed by atoms with E-state index in [4.69, 9.17) is 0 Å². The maximum absolute atomic E-state index is 4.41. The van der Waals surface area contributed by atoms with Crippen LogP contribution < -0.4 is 10.6 Å². The lowest BCUT2D eigenvalue weighted by atomic mass is 10.2. The van der Waals surface area contributed by atoms with E-state index in [1.54, 1.807) is 17.5 Å². The van der Waals surface area contributed by atoms with Crippen molar-refractivity contribution in [1.82, 2.24) is 9.97 Å². The van der Waals surface area contributed by atoms with Crippen LogP contribution in [0.25, 0.3) is 10.4 Å². The lowest BCUT2D eigenvalue weighted by Crippen LogP contribution is -2.05. The molecule has 0 saturated carbocycles. The van der Waals surface area contributed by atoms with Crippen molar-refractivity contribution in [3.8, 4) is 10.4 Å². The van der Waals surface area contributed by atoms with E-state index >= 15 is 0 Å². The second kappa shape index (κ2) is 7.04. The van der Waals surface area contributed by atoms with Gasteiger partial charge in [0.2, 0.25) is 5.95 Å². The number of hydrogen-bond acceptors (Lipinski definition) is 5. The van der Waals surface area contributed by atoms with Crippen LogP contribution in [0, 0.1) is 0 Å². The van der Waals surface area contributed by atoms with E-state index in [1.165, 1.54) is 15.3 Å². The average Bonchev–Trinajstić information content (AvgIpc) is 3.04. The first-order valence-corrected chi connectivity index (χ1v) is 8.11. The van der Waals surface area contributed by atoms with Crippen molar-refractivity contribution >= 4 is 23.1 Å². The van der Waals surface area contributed by atoms with Crippen molar-refractivity contribution in [2.45, 2.75) is 13.5 Å². The Morgan fingerprint density at radius 2 is 1.86 bits per heavy atom. The van der Waals surface area contributed by atoms with Crippen LogP contribution >= 0.6 is 11.3 Å². The molecule has 2 heterocycles. The number of rotatable bonds is 6. The van der Waals surface area contributed by atoms with E-state index in [2.05, 4.69) is 57.0 Å². The van der Waals surface area contributed by atoms with Crippen molar-refractivity contribution in [3.05, 3.63) is 59.6 Å². The van der Waals surface area contributed by atoms with E-state index in [1.807, 2.05) is 19.1 Å². The Morgan fingerprint density at radius 3 is 2.68 bits per heavy atom. The first-order valence-electron chi connectivity index (χ1n) is 7.30. The summed E-state index contributed by atoms with van der Waals surface area (Å²) in [5.41, 5.74) is 1.26.